The molecule has 1 aromatic carbocycles. The largest absolute Gasteiger partial charge is 0.381 e. The predicted molar refractivity (Wildman–Crippen MR) is 69.7 cm³/mol. The first kappa shape index (κ1) is 11.9. The Bertz CT molecular complexity index is 426. The molecule has 0 heterocycles. The predicted octanol–water partition coefficient (Wildman–Crippen LogP) is 2.55. The van der Waals surface area contributed by atoms with Crippen molar-refractivity contribution in [1.82, 2.24) is 0 Å². The van der Waals surface area contributed by atoms with Gasteiger partial charge in [-0.1, -0.05) is 12.1 Å². The summed E-state index contributed by atoms with van der Waals surface area (Å²) < 4.78 is 0. The Kier molecular flexibility index (Phi) is 3.65. The van der Waals surface area contributed by atoms with Crippen LogP contribution >= 0.6 is 0 Å². The van der Waals surface area contributed by atoms with Crippen molar-refractivity contribution in [3.05, 3.63) is 29.3 Å². The number of hydrogen-bond acceptors (Lipinski definition) is 3. The van der Waals surface area contributed by atoms with Gasteiger partial charge in [0.1, 0.15) is 6.07 Å². The molecule has 3 N–H and O–H groups in total. The highest BCUT2D eigenvalue weighted by atomic mass is 14.9. The van der Waals surface area contributed by atoms with Gasteiger partial charge in [0.2, 0.25) is 0 Å². The normalized spacial score (nSPS) is 24.1. The Morgan fingerprint density at radius 3 is 2.65 bits per heavy atom. The lowest BCUT2D eigenvalue weighted by Crippen LogP contribution is -2.33. The molecule has 17 heavy (non-hydrogen) atoms. The van der Waals surface area contributed by atoms with Crippen LogP contribution in [-0.2, 0) is 0 Å². The van der Waals surface area contributed by atoms with Crippen LogP contribution in [0.4, 0.5) is 5.69 Å². The molecule has 3 nitrogen and oxygen atoms in total. The van der Waals surface area contributed by atoms with Crippen LogP contribution in [-0.4, -0.2) is 12.1 Å². The van der Waals surface area contributed by atoms with Gasteiger partial charge in [-0.15, -0.1) is 0 Å². The van der Waals surface area contributed by atoms with Crippen LogP contribution in [0.5, 0.6) is 0 Å². The molecule has 0 atom stereocenters. The SMILES string of the molecule is Cc1cccc(C#N)c1NC1CCC(N)CC1. The fourth-order valence-electron chi connectivity index (χ4n) is 2.42. The van der Waals surface area contributed by atoms with Gasteiger partial charge in [0.25, 0.3) is 0 Å². The minimum absolute atomic E-state index is 0.361. The second-order valence-corrected chi connectivity index (χ2v) is 4.87. The first-order valence-corrected chi connectivity index (χ1v) is 6.22. The van der Waals surface area contributed by atoms with Crippen LogP contribution in [0.1, 0.15) is 36.8 Å². The molecule has 1 aromatic rings. The summed E-state index contributed by atoms with van der Waals surface area (Å²) in [6.07, 6.45) is 4.34. The average molecular weight is 229 g/mol. The number of nitrogens with one attached hydrogen (secondary N) is 1. The number of aryl methyl sites for hydroxylation is 1. The third-order valence-electron chi connectivity index (χ3n) is 3.51. The van der Waals surface area contributed by atoms with Gasteiger partial charge in [0.05, 0.1) is 11.3 Å². The quantitative estimate of drug-likeness (QED) is 0.819. The van der Waals surface area contributed by atoms with Crippen molar-refractivity contribution in [2.75, 3.05) is 5.32 Å². The molecule has 1 aliphatic carbocycles. The lowest BCUT2D eigenvalue weighted by molar-refractivity contribution is 0.411. The summed E-state index contributed by atoms with van der Waals surface area (Å²) in [5.41, 5.74) is 8.77. The van der Waals surface area contributed by atoms with E-state index in [2.05, 4.69) is 11.4 Å². The third kappa shape index (κ3) is 2.78. The highest BCUT2D eigenvalue weighted by Crippen LogP contribution is 2.25. The van der Waals surface area contributed by atoms with Gasteiger partial charge in [-0.25, -0.2) is 0 Å². The molecular formula is C14H19N3. The van der Waals surface area contributed by atoms with E-state index in [1.165, 1.54) is 0 Å². The standard InChI is InChI=1S/C14H19N3/c1-10-3-2-4-11(9-15)14(10)17-13-7-5-12(16)6-8-13/h2-4,12-13,17H,5-8,16H2,1H3. The summed E-state index contributed by atoms with van der Waals surface area (Å²) in [6, 6.07) is 8.90. The molecule has 0 bridgehead atoms. The zero-order valence-corrected chi connectivity index (χ0v) is 10.2. The van der Waals surface area contributed by atoms with Crippen LogP contribution in [0, 0.1) is 18.3 Å². The number of nitrogens with two attached hydrogens (primary N) is 1. The lowest BCUT2D eigenvalue weighted by atomic mass is 9.91. The molecule has 0 aromatic heterocycles. The molecule has 1 fully saturated rings. The van der Waals surface area contributed by atoms with Gasteiger partial charge in [-0.2, -0.15) is 5.26 Å². The molecule has 0 amide bonds. The maximum atomic E-state index is 9.10. The van der Waals surface area contributed by atoms with Crippen molar-refractivity contribution < 1.29 is 0 Å². The Morgan fingerprint density at radius 1 is 1.29 bits per heavy atom. The highest BCUT2D eigenvalue weighted by molar-refractivity contribution is 5.62. The molecule has 0 radical (unpaired) electrons. The van der Waals surface area contributed by atoms with Gasteiger partial charge >= 0.3 is 0 Å². The van der Waals surface area contributed by atoms with Crippen molar-refractivity contribution in [1.29, 1.82) is 5.26 Å². The van der Waals surface area contributed by atoms with E-state index < -0.39 is 0 Å². The summed E-state index contributed by atoms with van der Waals surface area (Å²) in [5, 5.41) is 12.6. The van der Waals surface area contributed by atoms with Crippen LogP contribution < -0.4 is 11.1 Å². The zero-order valence-electron chi connectivity index (χ0n) is 10.2. The molecule has 1 aliphatic rings. The van der Waals surface area contributed by atoms with E-state index >= 15 is 0 Å². The maximum absolute atomic E-state index is 9.10. The summed E-state index contributed by atoms with van der Waals surface area (Å²) in [5.74, 6) is 0. The number of rotatable bonds is 2. The fourth-order valence-corrected chi connectivity index (χ4v) is 2.42. The smallest absolute Gasteiger partial charge is 0.101 e. The minimum Gasteiger partial charge on any atom is -0.381 e. The topological polar surface area (TPSA) is 61.8 Å². The van der Waals surface area contributed by atoms with Crippen LogP contribution in [0.15, 0.2) is 18.2 Å². The highest BCUT2D eigenvalue weighted by Gasteiger charge is 2.19. The number of para-hydroxylation sites is 1. The van der Waals surface area contributed by atoms with Gasteiger partial charge in [0, 0.05) is 12.1 Å². The lowest BCUT2D eigenvalue weighted by Gasteiger charge is -2.28. The summed E-state index contributed by atoms with van der Waals surface area (Å²) in [4.78, 5) is 0. The van der Waals surface area contributed by atoms with Crippen molar-refractivity contribution in [3.8, 4) is 6.07 Å². The molecular weight excluding hydrogens is 210 g/mol. The van der Waals surface area contributed by atoms with Crippen molar-refractivity contribution in [3.63, 3.8) is 0 Å². The second-order valence-electron chi connectivity index (χ2n) is 4.87. The molecule has 90 valence electrons. The van der Waals surface area contributed by atoms with Gasteiger partial charge in [-0.05, 0) is 44.2 Å². The van der Waals surface area contributed by atoms with Gasteiger partial charge < -0.3 is 11.1 Å². The minimum atomic E-state index is 0.361. The Hall–Kier alpha value is -1.53. The summed E-state index contributed by atoms with van der Waals surface area (Å²) in [6.45, 7) is 2.04. The first-order valence-electron chi connectivity index (χ1n) is 6.22. The summed E-state index contributed by atoms with van der Waals surface area (Å²) in [7, 11) is 0. The maximum Gasteiger partial charge on any atom is 0.101 e. The Balaban J connectivity index is 2.11. The van der Waals surface area contributed by atoms with Gasteiger partial charge in [-0.3, -0.25) is 0 Å². The second kappa shape index (κ2) is 5.20. The number of hydrogen-bond donors (Lipinski definition) is 2. The van der Waals surface area contributed by atoms with E-state index in [4.69, 9.17) is 11.0 Å². The number of nitrogens with zero attached hydrogens (tertiary/aromatic N) is 1. The van der Waals surface area contributed by atoms with Crippen LogP contribution in [0.25, 0.3) is 0 Å². The number of benzene rings is 1. The number of nitriles is 1. The van der Waals surface area contributed by atoms with Crippen molar-refractivity contribution in [2.45, 2.75) is 44.7 Å². The van der Waals surface area contributed by atoms with Gasteiger partial charge in [0.15, 0.2) is 0 Å². The van der Waals surface area contributed by atoms with E-state index in [9.17, 15) is 0 Å². The average Bonchev–Trinajstić information content (AvgIpc) is 2.34. The molecule has 0 saturated heterocycles. The van der Waals surface area contributed by atoms with E-state index in [-0.39, 0.29) is 0 Å². The van der Waals surface area contributed by atoms with Crippen LogP contribution in [0.2, 0.25) is 0 Å². The van der Waals surface area contributed by atoms with E-state index in [1.807, 2.05) is 25.1 Å². The molecule has 0 spiro atoms. The summed E-state index contributed by atoms with van der Waals surface area (Å²) >= 11 is 0. The Morgan fingerprint density at radius 2 is 2.00 bits per heavy atom. The molecule has 3 heteroatoms. The first-order chi connectivity index (χ1) is 8.20. The van der Waals surface area contributed by atoms with E-state index in [0.29, 0.717) is 12.1 Å². The molecule has 0 unspecified atom stereocenters. The van der Waals surface area contributed by atoms with Crippen LogP contribution in [0.3, 0.4) is 0 Å². The Labute approximate surface area is 103 Å². The van der Waals surface area contributed by atoms with E-state index in [1.54, 1.807) is 0 Å². The fraction of sp³-hybridized carbons (Fsp3) is 0.500. The number of anilines is 1. The van der Waals surface area contributed by atoms with Crippen molar-refractivity contribution >= 4 is 5.69 Å². The molecule has 0 aliphatic heterocycles. The molecule has 1 saturated carbocycles. The molecule has 2 rings (SSSR count). The van der Waals surface area contributed by atoms with Crippen molar-refractivity contribution in [2.24, 2.45) is 5.73 Å². The monoisotopic (exact) mass is 229 g/mol. The van der Waals surface area contributed by atoms with E-state index in [0.717, 1.165) is 42.5 Å². The zero-order chi connectivity index (χ0) is 12.3. The third-order valence-corrected chi connectivity index (χ3v) is 3.51.